The molecule has 0 aromatic carbocycles. The number of amides is 1. The lowest BCUT2D eigenvalue weighted by atomic mass is 10.0. The van der Waals surface area contributed by atoms with E-state index in [-0.39, 0.29) is 11.9 Å². The SMILES string of the molecule is CC(Cc1ccco1)NC(=O)CC1CCCC1. The van der Waals surface area contributed by atoms with E-state index in [0.717, 1.165) is 12.2 Å². The summed E-state index contributed by atoms with van der Waals surface area (Å²) < 4.78 is 5.27. The molecular formula is C14H21NO2. The summed E-state index contributed by atoms with van der Waals surface area (Å²) in [6.07, 6.45) is 8.16. The second-order valence-corrected chi connectivity index (χ2v) is 5.11. The van der Waals surface area contributed by atoms with Gasteiger partial charge in [0.25, 0.3) is 0 Å². The molecule has 0 aliphatic heterocycles. The predicted octanol–water partition coefficient (Wildman–Crippen LogP) is 2.91. The molecule has 3 heteroatoms. The van der Waals surface area contributed by atoms with Gasteiger partial charge in [0, 0.05) is 18.9 Å². The van der Waals surface area contributed by atoms with Crippen LogP contribution in [-0.4, -0.2) is 11.9 Å². The molecule has 1 aliphatic carbocycles. The van der Waals surface area contributed by atoms with Gasteiger partial charge in [-0.05, 0) is 37.8 Å². The summed E-state index contributed by atoms with van der Waals surface area (Å²) in [6.45, 7) is 2.02. The topological polar surface area (TPSA) is 42.2 Å². The number of carbonyl (C=O) groups excluding carboxylic acids is 1. The predicted molar refractivity (Wildman–Crippen MR) is 66.6 cm³/mol. The van der Waals surface area contributed by atoms with E-state index >= 15 is 0 Å². The summed E-state index contributed by atoms with van der Waals surface area (Å²) >= 11 is 0. The molecule has 1 unspecified atom stereocenters. The Hall–Kier alpha value is -1.25. The van der Waals surface area contributed by atoms with Crippen molar-refractivity contribution in [3.05, 3.63) is 24.2 Å². The van der Waals surface area contributed by atoms with Gasteiger partial charge in [0.15, 0.2) is 0 Å². The van der Waals surface area contributed by atoms with Crippen molar-refractivity contribution in [3.8, 4) is 0 Å². The molecule has 3 nitrogen and oxygen atoms in total. The van der Waals surface area contributed by atoms with E-state index < -0.39 is 0 Å². The Labute approximate surface area is 103 Å². The van der Waals surface area contributed by atoms with Crippen LogP contribution in [-0.2, 0) is 11.2 Å². The molecule has 94 valence electrons. The number of hydrogen-bond donors (Lipinski definition) is 1. The summed E-state index contributed by atoms with van der Waals surface area (Å²) in [5.74, 6) is 1.74. The average Bonchev–Trinajstić information content (AvgIpc) is 2.90. The number of carbonyl (C=O) groups is 1. The maximum Gasteiger partial charge on any atom is 0.220 e. The van der Waals surface area contributed by atoms with Crippen molar-refractivity contribution >= 4 is 5.91 Å². The van der Waals surface area contributed by atoms with Gasteiger partial charge in [0.1, 0.15) is 5.76 Å². The lowest BCUT2D eigenvalue weighted by molar-refractivity contribution is -0.122. The quantitative estimate of drug-likeness (QED) is 0.852. The molecule has 1 N–H and O–H groups in total. The molecule has 1 fully saturated rings. The van der Waals surface area contributed by atoms with Gasteiger partial charge >= 0.3 is 0 Å². The minimum Gasteiger partial charge on any atom is -0.469 e. The number of hydrogen-bond acceptors (Lipinski definition) is 2. The van der Waals surface area contributed by atoms with Gasteiger partial charge < -0.3 is 9.73 Å². The monoisotopic (exact) mass is 235 g/mol. The third kappa shape index (κ3) is 3.91. The Kier molecular flexibility index (Phi) is 4.24. The number of rotatable bonds is 5. The first-order chi connectivity index (χ1) is 8.24. The molecule has 2 rings (SSSR count). The molecule has 0 spiro atoms. The summed E-state index contributed by atoms with van der Waals surface area (Å²) in [4.78, 5) is 11.8. The fourth-order valence-corrected chi connectivity index (χ4v) is 2.59. The van der Waals surface area contributed by atoms with Crippen LogP contribution in [0.25, 0.3) is 0 Å². The fourth-order valence-electron chi connectivity index (χ4n) is 2.59. The average molecular weight is 235 g/mol. The zero-order valence-electron chi connectivity index (χ0n) is 10.4. The van der Waals surface area contributed by atoms with Crippen molar-refractivity contribution in [1.29, 1.82) is 0 Å². The normalized spacial score (nSPS) is 18.2. The number of nitrogens with one attached hydrogen (secondary N) is 1. The van der Waals surface area contributed by atoms with Crippen molar-refractivity contribution in [3.63, 3.8) is 0 Å². The standard InChI is InChI=1S/C14H21NO2/c1-11(9-13-7-4-8-17-13)15-14(16)10-12-5-2-3-6-12/h4,7-8,11-12H,2-3,5-6,9-10H2,1H3,(H,15,16). The van der Waals surface area contributed by atoms with E-state index in [1.54, 1.807) is 6.26 Å². The third-order valence-electron chi connectivity index (χ3n) is 3.44. The highest BCUT2D eigenvalue weighted by Crippen LogP contribution is 2.27. The van der Waals surface area contributed by atoms with Crippen molar-refractivity contribution in [2.45, 2.75) is 51.5 Å². The first-order valence-corrected chi connectivity index (χ1v) is 6.56. The molecule has 0 bridgehead atoms. The van der Waals surface area contributed by atoms with E-state index in [1.807, 2.05) is 19.1 Å². The van der Waals surface area contributed by atoms with Crippen molar-refractivity contribution in [1.82, 2.24) is 5.32 Å². The van der Waals surface area contributed by atoms with Crippen molar-refractivity contribution in [2.75, 3.05) is 0 Å². The summed E-state index contributed by atoms with van der Waals surface area (Å²) in [6, 6.07) is 3.97. The Morgan fingerprint density at radius 3 is 2.94 bits per heavy atom. The van der Waals surface area contributed by atoms with Gasteiger partial charge in [0.2, 0.25) is 5.91 Å². The van der Waals surface area contributed by atoms with Gasteiger partial charge in [-0.3, -0.25) is 4.79 Å². The van der Waals surface area contributed by atoms with Crippen molar-refractivity contribution in [2.24, 2.45) is 5.92 Å². The second kappa shape index (κ2) is 5.89. The Bertz CT molecular complexity index is 339. The molecule has 1 aliphatic rings. The maximum atomic E-state index is 11.8. The zero-order valence-corrected chi connectivity index (χ0v) is 10.4. The van der Waals surface area contributed by atoms with E-state index in [2.05, 4.69) is 5.32 Å². The second-order valence-electron chi connectivity index (χ2n) is 5.11. The lowest BCUT2D eigenvalue weighted by Crippen LogP contribution is -2.34. The molecular weight excluding hydrogens is 214 g/mol. The van der Waals surface area contributed by atoms with E-state index in [4.69, 9.17) is 4.42 Å². The highest BCUT2D eigenvalue weighted by molar-refractivity contribution is 5.76. The molecule has 1 heterocycles. The lowest BCUT2D eigenvalue weighted by Gasteiger charge is -2.14. The third-order valence-corrected chi connectivity index (χ3v) is 3.44. The van der Waals surface area contributed by atoms with Crippen LogP contribution in [0.4, 0.5) is 0 Å². The molecule has 1 aromatic rings. The summed E-state index contributed by atoms with van der Waals surface area (Å²) in [5.41, 5.74) is 0. The Morgan fingerprint density at radius 1 is 1.53 bits per heavy atom. The van der Waals surface area contributed by atoms with E-state index in [0.29, 0.717) is 12.3 Å². The molecule has 1 atom stereocenters. The zero-order chi connectivity index (χ0) is 12.1. The molecule has 0 radical (unpaired) electrons. The van der Waals surface area contributed by atoms with Crippen LogP contribution in [0.2, 0.25) is 0 Å². The van der Waals surface area contributed by atoms with Crippen LogP contribution in [0, 0.1) is 5.92 Å². The Balaban J connectivity index is 1.70. The molecule has 1 amide bonds. The number of furan rings is 1. The fraction of sp³-hybridized carbons (Fsp3) is 0.643. The minimum absolute atomic E-state index is 0.148. The summed E-state index contributed by atoms with van der Waals surface area (Å²) in [5, 5.41) is 3.05. The maximum absolute atomic E-state index is 11.8. The molecule has 1 saturated carbocycles. The summed E-state index contributed by atoms with van der Waals surface area (Å²) in [7, 11) is 0. The van der Waals surface area contributed by atoms with Gasteiger partial charge in [-0.1, -0.05) is 12.8 Å². The van der Waals surface area contributed by atoms with Gasteiger partial charge in [-0.15, -0.1) is 0 Å². The van der Waals surface area contributed by atoms with Crippen LogP contribution in [0.1, 0.15) is 44.8 Å². The van der Waals surface area contributed by atoms with Crippen LogP contribution in [0.15, 0.2) is 22.8 Å². The molecule has 1 aromatic heterocycles. The van der Waals surface area contributed by atoms with Gasteiger partial charge in [-0.25, -0.2) is 0 Å². The smallest absolute Gasteiger partial charge is 0.220 e. The van der Waals surface area contributed by atoms with E-state index in [9.17, 15) is 4.79 Å². The van der Waals surface area contributed by atoms with Gasteiger partial charge in [0.05, 0.1) is 6.26 Å². The molecule has 17 heavy (non-hydrogen) atoms. The largest absolute Gasteiger partial charge is 0.469 e. The van der Waals surface area contributed by atoms with Crippen molar-refractivity contribution < 1.29 is 9.21 Å². The molecule has 0 saturated heterocycles. The van der Waals surface area contributed by atoms with Crippen LogP contribution in [0.5, 0.6) is 0 Å². The first-order valence-electron chi connectivity index (χ1n) is 6.56. The van der Waals surface area contributed by atoms with Crippen LogP contribution >= 0.6 is 0 Å². The minimum atomic E-state index is 0.148. The first kappa shape index (κ1) is 12.2. The van der Waals surface area contributed by atoms with Crippen LogP contribution < -0.4 is 5.32 Å². The van der Waals surface area contributed by atoms with E-state index in [1.165, 1.54) is 25.7 Å². The highest BCUT2D eigenvalue weighted by Gasteiger charge is 2.19. The van der Waals surface area contributed by atoms with Gasteiger partial charge in [-0.2, -0.15) is 0 Å². The van der Waals surface area contributed by atoms with Crippen LogP contribution in [0.3, 0.4) is 0 Å². The highest BCUT2D eigenvalue weighted by atomic mass is 16.3. The Morgan fingerprint density at radius 2 is 2.29 bits per heavy atom.